The van der Waals surface area contributed by atoms with Crippen molar-refractivity contribution >= 4 is 11.5 Å². The van der Waals surface area contributed by atoms with Crippen LogP contribution in [0.25, 0.3) is 0 Å². The fourth-order valence-corrected chi connectivity index (χ4v) is 1.60. The number of nitrogens with one attached hydrogen (secondary N) is 1. The van der Waals surface area contributed by atoms with Crippen molar-refractivity contribution in [2.75, 3.05) is 11.9 Å². The second-order valence-electron chi connectivity index (χ2n) is 3.99. The van der Waals surface area contributed by atoms with Gasteiger partial charge in [-0.25, -0.2) is 0 Å². The number of amidine groups is 1. The number of nitrogens with zero attached hydrogens (tertiary/aromatic N) is 3. The van der Waals surface area contributed by atoms with Gasteiger partial charge in [0, 0.05) is 13.2 Å². The first kappa shape index (κ1) is 12.0. The van der Waals surface area contributed by atoms with Crippen molar-refractivity contribution in [3.05, 3.63) is 54.1 Å². The highest BCUT2D eigenvalue weighted by Crippen LogP contribution is 2.13. The average molecular weight is 241 g/mol. The molecule has 5 nitrogen and oxygen atoms in total. The quantitative estimate of drug-likeness (QED) is 0.626. The molecule has 0 fully saturated rings. The molecule has 0 aromatic carbocycles. The van der Waals surface area contributed by atoms with Crippen LogP contribution >= 0.6 is 0 Å². The highest BCUT2D eigenvalue weighted by atomic mass is 15.1. The Kier molecular flexibility index (Phi) is 3.52. The molecule has 2 aromatic rings. The van der Waals surface area contributed by atoms with E-state index in [9.17, 15) is 0 Å². The summed E-state index contributed by atoms with van der Waals surface area (Å²) in [6.07, 6.45) is 3.49. The van der Waals surface area contributed by atoms with E-state index in [2.05, 4.69) is 9.97 Å². The van der Waals surface area contributed by atoms with Gasteiger partial charge in [-0.1, -0.05) is 6.07 Å². The molecule has 0 spiro atoms. The Morgan fingerprint density at radius 1 is 1.28 bits per heavy atom. The summed E-state index contributed by atoms with van der Waals surface area (Å²) in [7, 11) is 1.97. The average Bonchev–Trinajstić information content (AvgIpc) is 2.40. The Labute approximate surface area is 106 Å². The molecule has 0 aliphatic rings. The van der Waals surface area contributed by atoms with Crippen LogP contribution in [0.5, 0.6) is 0 Å². The molecule has 0 aliphatic carbocycles. The third-order valence-corrected chi connectivity index (χ3v) is 2.59. The molecule has 0 unspecified atom stereocenters. The molecule has 2 rings (SSSR count). The van der Waals surface area contributed by atoms with E-state index >= 15 is 0 Å². The van der Waals surface area contributed by atoms with Crippen LogP contribution in [0.15, 0.2) is 42.7 Å². The fraction of sp³-hybridized carbons (Fsp3) is 0.154. The first-order valence-electron chi connectivity index (χ1n) is 5.58. The Morgan fingerprint density at radius 2 is 2.11 bits per heavy atom. The van der Waals surface area contributed by atoms with Crippen LogP contribution in [0.4, 0.5) is 5.69 Å². The predicted molar refractivity (Wildman–Crippen MR) is 71.6 cm³/mol. The van der Waals surface area contributed by atoms with Gasteiger partial charge in [0.2, 0.25) is 0 Å². The molecule has 2 heterocycles. The largest absolute Gasteiger partial charge is 0.382 e. The van der Waals surface area contributed by atoms with Gasteiger partial charge < -0.3 is 10.6 Å². The lowest BCUT2D eigenvalue weighted by Gasteiger charge is -2.18. The Hall–Kier alpha value is -2.43. The molecular weight excluding hydrogens is 226 g/mol. The maximum Gasteiger partial charge on any atom is 0.141 e. The zero-order chi connectivity index (χ0) is 13.0. The van der Waals surface area contributed by atoms with Crippen molar-refractivity contribution in [1.82, 2.24) is 9.97 Å². The molecule has 0 atom stereocenters. The monoisotopic (exact) mass is 241 g/mol. The van der Waals surface area contributed by atoms with E-state index in [-0.39, 0.29) is 5.84 Å². The number of nitrogen functional groups attached to an aromatic ring is 1. The van der Waals surface area contributed by atoms with Crippen molar-refractivity contribution < 1.29 is 0 Å². The third kappa shape index (κ3) is 2.82. The van der Waals surface area contributed by atoms with Crippen molar-refractivity contribution in [2.24, 2.45) is 5.73 Å². The van der Waals surface area contributed by atoms with Crippen LogP contribution in [-0.2, 0) is 6.54 Å². The van der Waals surface area contributed by atoms with Crippen LogP contribution in [-0.4, -0.2) is 22.9 Å². The number of hydrogen-bond acceptors (Lipinski definition) is 4. The molecule has 3 N–H and O–H groups in total. The van der Waals surface area contributed by atoms with Gasteiger partial charge in [0.05, 0.1) is 24.1 Å². The number of rotatable bonds is 4. The van der Waals surface area contributed by atoms with Gasteiger partial charge in [-0.3, -0.25) is 15.4 Å². The van der Waals surface area contributed by atoms with Crippen LogP contribution < -0.4 is 10.6 Å². The molecule has 0 aliphatic heterocycles. The number of anilines is 1. The maximum atomic E-state index is 7.28. The number of pyridine rings is 2. The summed E-state index contributed by atoms with van der Waals surface area (Å²) in [4.78, 5) is 10.4. The topological polar surface area (TPSA) is 78.9 Å². The van der Waals surface area contributed by atoms with Crippen LogP contribution in [0.1, 0.15) is 11.4 Å². The van der Waals surface area contributed by atoms with E-state index in [1.807, 2.05) is 36.2 Å². The van der Waals surface area contributed by atoms with Gasteiger partial charge in [-0.05, 0) is 24.3 Å². The summed E-state index contributed by atoms with van der Waals surface area (Å²) in [5, 5.41) is 7.28. The third-order valence-electron chi connectivity index (χ3n) is 2.59. The summed E-state index contributed by atoms with van der Waals surface area (Å²) in [5.41, 5.74) is 7.81. The fourth-order valence-electron chi connectivity index (χ4n) is 1.60. The van der Waals surface area contributed by atoms with Crippen LogP contribution in [0.3, 0.4) is 0 Å². The summed E-state index contributed by atoms with van der Waals surface area (Å²) >= 11 is 0. The molecule has 0 saturated heterocycles. The number of hydrogen-bond donors (Lipinski definition) is 2. The molecule has 2 aromatic heterocycles. The molecule has 0 amide bonds. The molecule has 0 bridgehead atoms. The predicted octanol–water partition coefficient (Wildman–Crippen LogP) is 1.40. The summed E-state index contributed by atoms with van der Waals surface area (Å²) in [6, 6.07) is 9.48. The standard InChI is InChI=1S/C13H15N5/c1-18(9-10-4-2-3-7-16-10)11-5-6-12(13(14)15)17-8-11/h2-8H,9H2,1H3,(H3,14,15). The van der Waals surface area contributed by atoms with Gasteiger partial charge in [-0.2, -0.15) is 0 Å². The zero-order valence-electron chi connectivity index (χ0n) is 10.2. The van der Waals surface area contributed by atoms with E-state index in [1.54, 1.807) is 18.5 Å². The van der Waals surface area contributed by atoms with Gasteiger partial charge in [0.15, 0.2) is 0 Å². The number of nitrogens with two attached hydrogens (primary N) is 1. The van der Waals surface area contributed by atoms with Crippen molar-refractivity contribution in [3.8, 4) is 0 Å². The SMILES string of the molecule is CN(Cc1ccccn1)c1ccc(C(=N)N)nc1. The lowest BCUT2D eigenvalue weighted by molar-refractivity contribution is 0.881. The van der Waals surface area contributed by atoms with Gasteiger partial charge in [0.1, 0.15) is 11.5 Å². The highest BCUT2D eigenvalue weighted by Gasteiger charge is 2.04. The maximum absolute atomic E-state index is 7.28. The van der Waals surface area contributed by atoms with Crippen LogP contribution in [0.2, 0.25) is 0 Å². The smallest absolute Gasteiger partial charge is 0.141 e. The summed E-state index contributed by atoms with van der Waals surface area (Å²) in [5.74, 6) is -0.0195. The molecule has 0 radical (unpaired) electrons. The zero-order valence-corrected chi connectivity index (χ0v) is 10.2. The first-order valence-corrected chi connectivity index (χ1v) is 5.58. The van der Waals surface area contributed by atoms with Gasteiger partial charge >= 0.3 is 0 Å². The summed E-state index contributed by atoms with van der Waals surface area (Å²) in [6.45, 7) is 0.710. The van der Waals surface area contributed by atoms with Crippen molar-refractivity contribution in [3.63, 3.8) is 0 Å². The van der Waals surface area contributed by atoms with E-state index in [1.165, 1.54) is 0 Å². The van der Waals surface area contributed by atoms with Crippen molar-refractivity contribution in [2.45, 2.75) is 6.54 Å². The number of aromatic nitrogens is 2. The summed E-state index contributed by atoms with van der Waals surface area (Å²) < 4.78 is 0. The lowest BCUT2D eigenvalue weighted by atomic mass is 10.3. The minimum Gasteiger partial charge on any atom is -0.382 e. The molecular formula is C13H15N5. The van der Waals surface area contributed by atoms with E-state index in [0.29, 0.717) is 12.2 Å². The minimum atomic E-state index is -0.0195. The Morgan fingerprint density at radius 3 is 2.67 bits per heavy atom. The van der Waals surface area contributed by atoms with Gasteiger partial charge in [-0.15, -0.1) is 0 Å². The second-order valence-corrected chi connectivity index (χ2v) is 3.99. The molecule has 18 heavy (non-hydrogen) atoms. The van der Waals surface area contributed by atoms with Gasteiger partial charge in [0.25, 0.3) is 0 Å². The molecule has 0 saturated carbocycles. The molecule has 92 valence electrons. The lowest BCUT2D eigenvalue weighted by Crippen LogP contribution is -2.18. The van der Waals surface area contributed by atoms with E-state index in [4.69, 9.17) is 11.1 Å². The highest BCUT2D eigenvalue weighted by molar-refractivity contribution is 5.93. The van der Waals surface area contributed by atoms with E-state index < -0.39 is 0 Å². The van der Waals surface area contributed by atoms with Crippen molar-refractivity contribution in [1.29, 1.82) is 5.41 Å². The second kappa shape index (κ2) is 5.27. The first-order chi connectivity index (χ1) is 8.66. The molecule has 5 heteroatoms. The minimum absolute atomic E-state index is 0.0195. The normalized spacial score (nSPS) is 10.1. The Balaban J connectivity index is 2.09. The Bertz CT molecular complexity index is 521. The van der Waals surface area contributed by atoms with Crippen LogP contribution in [0, 0.1) is 5.41 Å². The van der Waals surface area contributed by atoms with E-state index in [0.717, 1.165) is 11.4 Å².